The second kappa shape index (κ2) is 6.71. The van der Waals surface area contributed by atoms with Crippen LogP contribution in [0.5, 0.6) is 0 Å². The first-order valence-corrected chi connectivity index (χ1v) is 7.11. The topological polar surface area (TPSA) is 18.8 Å². The van der Waals surface area contributed by atoms with Gasteiger partial charge in [0, 0.05) is 33.6 Å². The summed E-state index contributed by atoms with van der Waals surface area (Å²) in [6.45, 7) is 3.42. The van der Waals surface area contributed by atoms with Crippen LogP contribution in [0.4, 0.5) is 0 Å². The van der Waals surface area contributed by atoms with Crippen LogP contribution in [0.1, 0.15) is 18.4 Å². The Labute approximate surface area is 116 Å². The van der Waals surface area contributed by atoms with E-state index in [1.165, 1.54) is 37.3 Å². The lowest BCUT2D eigenvalue weighted by Crippen LogP contribution is -2.39. The zero-order valence-corrected chi connectivity index (χ0v) is 12.3. The Hall–Kier alpha value is -1.35. The van der Waals surface area contributed by atoms with Crippen LogP contribution in [-0.2, 0) is 6.54 Å². The molecule has 3 nitrogen and oxygen atoms in total. The van der Waals surface area contributed by atoms with E-state index >= 15 is 0 Å². The van der Waals surface area contributed by atoms with E-state index in [0.29, 0.717) is 5.92 Å². The Morgan fingerprint density at radius 3 is 2.37 bits per heavy atom. The van der Waals surface area contributed by atoms with Crippen LogP contribution in [0.15, 0.2) is 35.3 Å². The number of likely N-dealkylation sites (tertiary alicyclic amines) is 1. The van der Waals surface area contributed by atoms with Gasteiger partial charge in [-0.15, -0.1) is 0 Å². The number of benzene rings is 1. The van der Waals surface area contributed by atoms with Crippen LogP contribution >= 0.6 is 0 Å². The van der Waals surface area contributed by atoms with Crippen LogP contribution in [-0.4, -0.2) is 49.9 Å². The Kier molecular flexibility index (Phi) is 4.97. The van der Waals surface area contributed by atoms with Crippen molar-refractivity contribution in [2.45, 2.75) is 19.4 Å². The van der Waals surface area contributed by atoms with Crippen molar-refractivity contribution in [1.82, 2.24) is 9.80 Å². The molecule has 1 aromatic carbocycles. The van der Waals surface area contributed by atoms with E-state index in [1.54, 1.807) is 0 Å². The lowest BCUT2D eigenvalue weighted by molar-refractivity contribution is 0.197. The largest absolute Gasteiger partial charge is 0.366 e. The normalized spacial score (nSPS) is 18.6. The van der Waals surface area contributed by atoms with Gasteiger partial charge in [0.2, 0.25) is 0 Å². The monoisotopic (exact) mass is 259 g/mol. The fraction of sp³-hybridized carbons (Fsp3) is 0.562. The molecule has 1 heterocycles. The third-order valence-corrected chi connectivity index (χ3v) is 3.89. The van der Waals surface area contributed by atoms with E-state index in [9.17, 15) is 0 Å². The number of amidine groups is 1. The van der Waals surface area contributed by atoms with Gasteiger partial charge in [-0.2, -0.15) is 0 Å². The second-order valence-electron chi connectivity index (χ2n) is 5.51. The van der Waals surface area contributed by atoms with E-state index in [-0.39, 0.29) is 0 Å². The molecule has 0 unspecified atom stereocenters. The third kappa shape index (κ3) is 3.80. The number of rotatable bonds is 3. The van der Waals surface area contributed by atoms with Gasteiger partial charge < -0.3 is 4.90 Å². The second-order valence-corrected chi connectivity index (χ2v) is 5.51. The number of aliphatic imine (C=N–C) groups is 1. The van der Waals surface area contributed by atoms with Gasteiger partial charge in [0.15, 0.2) is 0 Å². The molecule has 104 valence electrons. The summed E-state index contributed by atoms with van der Waals surface area (Å²) in [5, 5.41) is 0. The van der Waals surface area contributed by atoms with Crippen LogP contribution in [0.2, 0.25) is 0 Å². The van der Waals surface area contributed by atoms with E-state index in [0.717, 1.165) is 6.54 Å². The molecule has 0 spiro atoms. The summed E-state index contributed by atoms with van der Waals surface area (Å²) in [5.74, 6) is 1.88. The van der Waals surface area contributed by atoms with Gasteiger partial charge in [-0.25, -0.2) is 0 Å². The summed E-state index contributed by atoms with van der Waals surface area (Å²) < 4.78 is 0. The molecule has 0 amide bonds. The van der Waals surface area contributed by atoms with Crippen molar-refractivity contribution >= 4 is 5.84 Å². The Morgan fingerprint density at radius 1 is 1.21 bits per heavy atom. The summed E-state index contributed by atoms with van der Waals surface area (Å²) >= 11 is 0. The maximum Gasteiger partial charge on any atom is 0.101 e. The molecule has 0 saturated carbocycles. The fourth-order valence-electron chi connectivity index (χ4n) is 2.94. The molecule has 1 aliphatic heterocycles. The minimum atomic E-state index is 0.632. The number of piperidine rings is 1. The Bertz CT molecular complexity index is 403. The highest BCUT2D eigenvalue weighted by molar-refractivity contribution is 5.84. The van der Waals surface area contributed by atoms with Crippen LogP contribution < -0.4 is 0 Å². The zero-order chi connectivity index (χ0) is 13.7. The van der Waals surface area contributed by atoms with Crippen molar-refractivity contribution in [2.24, 2.45) is 10.9 Å². The van der Waals surface area contributed by atoms with Crippen molar-refractivity contribution in [2.75, 3.05) is 34.2 Å². The van der Waals surface area contributed by atoms with Crippen molar-refractivity contribution in [3.63, 3.8) is 0 Å². The fourth-order valence-corrected chi connectivity index (χ4v) is 2.94. The predicted octanol–water partition coefficient (Wildman–Crippen LogP) is 2.49. The first kappa shape index (κ1) is 14.1. The predicted molar refractivity (Wildman–Crippen MR) is 81.5 cm³/mol. The smallest absolute Gasteiger partial charge is 0.101 e. The maximum absolute atomic E-state index is 4.44. The van der Waals surface area contributed by atoms with Crippen molar-refractivity contribution in [3.8, 4) is 0 Å². The molecule has 1 aliphatic rings. The molecule has 0 aliphatic carbocycles. The standard InChI is InChI=1S/C16H25N3/c1-17-16(18(2)3)15-9-11-19(12-10-15)13-14-7-5-4-6-8-14/h4-8,15H,9-13H2,1-3H3. The molecule has 0 aromatic heterocycles. The van der Waals surface area contributed by atoms with Crippen molar-refractivity contribution < 1.29 is 0 Å². The highest BCUT2D eigenvalue weighted by Crippen LogP contribution is 2.21. The van der Waals surface area contributed by atoms with Gasteiger partial charge in [-0.1, -0.05) is 30.3 Å². The minimum absolute atomic E-state index is 0.632. The molecule has 1 fully saturated rings. The summed E-state index contributed by atoms with van der Waals surface area (Å²) in [6, 6.07) is 10.7. The van der Waals surface area contributed by atoms with Crippen LogP contribution in [0, 0.1) is 5.92 Å². The number of hydrogen-bond acceptors (Lipinski definition) is 2. The number of hydrogen-bond donors (Lipinski definition) is 0. The highest BCUT2D eigenvalue weighted by atomic mass is 15.2. The van der Waals surface area contributed by atoms with Crippen molar-refractivity contribution in [1.29, 1.82) is 0 Å². The van der Waals surface area contributed by atoms with Gasteiger partial charge in [-0.3, -0.25) is 9.89 Å². The first-order valence-electron chi connectivity index (χ1n) is 7.11. The van der Waals surface area contributed by atoms with E-state index in [1.807, 2.05) is 7.05 Å². The van der Waals surface area contributed by atoms with Crippen LogP contribution in [0.25, 0.3) is 0 Å². The lowest BCUT2D eigenvalue weighted by atomic mass is 9.94. The molecular formula is C16H25N3. The molecular weight excluding hydrogens is 234 g/mol. The molecule has 2 rings (SSSR count). The summed E-state index contributed by atoms with van der Waals surface area (Å²) in [6.07, 6.45) is 2.44. The maximum atomic E-state index is 4.44. The average molecular weight is 259 g/mol. The molecule has 0 N–H and O–H groups in total. The van der Waals surface area contributed by atoms with Gasteiger partial charge >= 0.3 is 0 Å². The molecule has 1 saturated heterocycles. The van der Waals surface area contributed by atoms with Crippen molar-refractivity contribution in [3.05, 3.63) is 35.9 Å². The zero-order valence-electron chi connectivity index (χ0n) is 12.3. The highest BCUT2D eigenvalue weighted by Gasteiger charge is 2.23. The summed E-state index contributed by atoms with van der Waals surface area (Å²) in [7, 11) is 6.10. The molecule has 0 atom stereocenters. The quantitative estimate of drug-likeness (QED) is 0.613. The first-order chi connectivity index (χ1) is 9.20. The summed E-state index contributed by atoms with van der Waals surface area (Å²) in [4.78, 5) is 9.16. The van der Waals surface area contributed by atoms with E-state index < -0.39 is 0 Å². The Morgan fingerprint density at radius 2 is 1.84 bits per heavy atom. The molecule has 1 aromatic rings. The van der Waals surface area contributed by atoms with Gasteiger partial charge in [-0.05, 0) is 31.5 Å². The van der Waals surface area contributed by atoms with Gasteiger partial charge in [0.05, 0.1) is 0 Å². The van der Waals surface area contributed by atoms with Gasteiger partial charge in [0.25, 0.3) is 0 Å². The SMILES string of the molecule is CN=C(C1CCN(Cc2ccccc2)CC1)N(C)C. The molecule has 0 radical (unpaired) electrons. The van der Waals surface area contributed by atoms with Crippen LogP contribution in [0.3, 0.4) is 0 Å². The summed E-state index contributed by atoms with van der Waals surface area (Å²) in [5.41, 5.74) is 1.41. The minimum Gasteiger partial charge on any atom is -0.366 e. The van der Waals surface area contributed by atoms with Gasteiger partial charge in [0.1, 0.15) is 5.84 Å². The average Bonchev–Trinajstić information content (AvgIpc) is 2.42. The molecule has 3 heteroatoms. The Balaban J connectivity index is 1.86. The third-order valence-electron chi connectivity index (χ3n) is 3.89. The molecule has 19 heavy (non-hydrogen) atoms. The van der Waals surface area contributed by atoms with E-state index in [2.05, 4.69) is 59.2 Å². The lowest BCUT2D eigenvalue weighted by Gasteiger charge is -2.34. The van der Waals surface area contributed by atoms with E-state index in [4.69, 9.17) is 0 Å². The molecule has 0 bridgehead atoms. The number of nitrogens with zero attached hydrogens (tertiary/aromatic N) is 3.